The second-order valence-corrected chi connectivity index (χ2v) is 4.59. The first-order valence-corrected chi connectivity index (χ1v) is 6.28. The minimum Gasteiger partial charge on any atom is -0.506 e. The molecular formula is C12H15Cl2NO3. The molecule has 100 valence electrons. The van der Waals surface area contributed by atoms with Crippen molar-refractivity contribution >= 4 is 29.2 Å². The van der Waals surface area contributed by atoms with Crippen molar-refractivity contribution in [2.45, 2.75) is 26.4 Å². The normalized spacial score (nSPS) is 12.2. The first kappa shape index (κ1) is 15.1. The van der Waals surface area contributed by atoms with E-state index in [1.807, 2.05) is 0 Å². The molecule has 0 saturated heterocycles. The highest BCUT2D eigenvalue weighted by atomic mass is 35.5. The van der Waals surface area contributed by atoms with Crippen LogP contribution in [0.3, 0.4) is 0 Å². The van der Waals surface area contributed by atoms with Crippen LogP contribution in [0, 0.1) is 0 Å². The van der Waals surface area contributed by atoms with Crippen molar-refractivity contribution in [3.05, 3.63) is 27.7 Å². The summed E-state index contributed by atoms with van der Waals surface area (Å²) < 4.78 is 4.85. The zero-order valence-electron chi connectivity index (χ0n) is 10.2. The number of hydrogen-bond donors (Lipinski definition) is 2. The highest BCUT2D eigenvalue weighted by Crippen LogP contribution is 2.30. The Morgan fingerprint density at radius 1 is 1.50 bits per heavy atom. The van der Waals surface area contributed by atoms with Crippen molar-refractivity contribution in [3.63, 3.8) is 0 Å². The van der Waals surface area contributed by atoms with Gasteiger partial charge in [-0.1, -0.05) is 23.2 Å². The molecule has 2 N–H and O–H groups in total. The number of ether oxygens (including phenoxy) is 1. The minimum absolute atomic E-state index is 0.0374. The minimum atomic E-state index is -0.470. The molecule has 0 aromatic heterocycles. The van der Waals surface area contributed by atoms with Gasteiger partial charge in [0.2, 0.25) is 0 Å². The van der Waals surface area contributed by atoms with Crippen LogP contribution in [0.2, 0.25) is 10.0 Å². The second-order valence-electron chi connectivity index (χ2n) is 3.75. The molecule has 1 aromatic carbocycles. The van der Waals surface area contributed by atoms with Crippen LogP contribution in [-0.2, 0) is 16.1 Å². The van der Waals surface area contributed by atoms with E-state index in [1.54, 1.807) is 19.9 Å². The van der Waals surface area contributed by atoms with E-state index in [9.17, 15) is 9.90 Å². The van der Waals surface area contributed by atoms with E-state index in [1.165, 1.54) is 6.07 Å². The smallest absolute Gasteiger partial charge is 0.322 e. The van der Waals surface area contributed by atoms with Gasteiger partial charge >= 0.3 is 5.97 Å². The van der Waals surface area contributed by atoms with Gasteiger partial charge in [-0.25, -0.2) is 0 Å². The van der Waals surface area contributed by atoms with Gasteiger partial charge in [-0.05, 0) is 26.0 Å². The van der Waals surface area contributed by atoms with Crippen molar-refractivity contribution in [2.75, 3.05) is 6.61 Å². The number of carbonyl (C=O) groups excluding carboxylic acids is 1. The maximum Gasteiger partial charge on any atom is 0.322 e. The number of phenolic OH excluding ortho intramolecular Hbond substituents is 1. The highest BCUT2D eigenvalue weighted by Gasteiger charge is 2.14. The maximum atomic E-state index is 11.4. The average Bonchev–Trinajstić information content (AvgIpc) is 2.31. The van der Waals surface area contributed by atoms with Gasteiger partial charge in [0.15, 0.2) is 0 Å². The zero-order chi connectivity index (χ0) is 13.7. The first-order valence-electron chi connectivity index (χ1n) is 5.52. The number of benzene rings is 1. The summed E-state index contributed by atoms with van der Waals surface area (Å²) in [6, 6.07) is 2.58. The largest absolute Gasteiger partial charge is 0.506 e. The molecule has 1 atom stereocenters. The molecule has 0 spiro atoms. The molecule has 6 heteroatoms. The Bertz CT molecular complexity index is 438. The Hall–Kier alpha value is -0.970. The van der Waals surface area contributed by atoms with Crippen LogP contribution in [0.25, 0.3) is 0 Å². The van der Waals surface area contributed by atoms with Crippen LogP contribution >= 0.6 is 23.2 Å². The molecule has 1 aromatic rings. The predicted octanol–water partition coefficient (Wildman–Crippen LogP) is 2.74. The summed E-state index contributed by atoms with van der Waals surface area (Å²) in [7, 11) is 0. The van der Waals surface area contributed by atoms with Gasteiger partial charge in [0.05, 0.1) is 11.6 Å². The van der Waals surface area contributed by atoms with Crippen molar-refractivity contribution in [2.24, 2.45) is 0 Å². The fraction of sp³-hybridized carbons (Fsp3) is 0.417. The maximum absolute atomic E-state index is 11.4. The summed E-state index contributed by atoms with van der Waals surface area (Å²) in [6.45, 7) is 4.03. The van der Waals surface area contributed by atoms with E-state index in [4.69, 9.17) is 27.9 Å². The van der Waals surface area contributed by atoms with E-state index >= 15 is 0 Å². The van der Waals surface area contributed by atoms with Crippen LogP contribution in [0.1, 0.15) is 19.4 Å². The third-order valence-electron chi connectivity index (χ3n) is 2.35. The third-order valence-corrected chi connectivity index (χ3v) is 2.85. The quantitative estimate of drug-likeness (QED) is 0.819. The lowest BCUT2D eigenvalue weighted by molar-refractivity contribution is -0.145. The third kappa shape index (κ3) is 4.05. The van der Waals surface area contributed by atoms with Crippen LogP contribution in [0.4, 0.5) is 0 Å². The molecule has 0 fully saturated rings. The van der Waals surface area contributed by atoms with Gasteiger partial charge in [-0.2, -0.15) is 0 Å². The first-order chi connectivity index (χ1) is 8.45. The van der Waals surface area contributed by atoms with Crippen LogP contribution in [0.5, 0.6) is 5.75 Å². The summed E-state index contributed by atoms with van der Waals surface area (Å²) >= 11 is 11.6. The lowest BCUT2D eigenvalue weighted by atomic mass is 10.2. The van der Waals surface area contributed by atoms with Crippen LogP contribution < -0.4 is 5.32 Å². The fourth-order valence-corrected chi connectivity index (χ4v) is 1.90. The van der Waals surface area contributed by atoms with Gasteiger partial charge < -0.3 is 15.2 Å². The molecule has 0 aliphatic carbocycles. The van der Waals surface area contributed by atoms with E-state index in [2.05, 4.69) is 5.32 Å². The van der Waals surface area contributed by atoms with Gasteiger partial charge in [0, 0.05) is 17.1 Å². The van der Waals surface area contributed by atoms with Crippen LogP contribution in [0.15, 0.2) is 12.1 Å². The molecule has 1 rings (SSSR count). The van der Waals surface area contributed by atoms with Crippen molar-refractivity contribution in [1.82, 2.24) is 5.32 Å². The fourth-order valence-electron chi connectivity index (χ4n) is 1.37. The van der Waals surface area contributed by atoms with E-state index in [0.29, 0.717) is 17.2 Å². The number of phenols is 1. The lowest BCUT2D eigenvalue weighted by Gasteiger charge is -2.13. The monoisotopic (exact) mass is 291 g/mol. The Morgan fingerprint density at radius 3 is 2.78 bits per heavy atom. The number of carbonyl (C=O) groups is 1. The molecule has 0 heterocycles. The summed E-state index contributed by atoms with van der Waals surface area (Å²) in [6.07, 6.45) is 0. The van der Waals surface area contributed by atoms with E-state index in [0.717, 1.165) is 0 Å². The van der Waals surface area contributed by atoms with E-state index < -0.39 is 6.04 Å². The van der Waals surface area contributed by atoms with Gasteiger partial charge in [0.25, 0.3) is 0 Å². The summed E-state index contributed by atoms with van der Waals surface area (Å²) in [4.78, 5) is 11.4. The van der Waals surface area contributed by atoms with Gasteiger partial charge in [0.1, 0.15) is 11.8 Å². The Balaban J connectivity index is 2.66. The zero-order valence-corrected chi connectivity index (χ0v) is 11.7. The predicted molar refractivity (Wildman–Crippen MR) is 71.1 cm³/mol. The number of nitrogens with one attached hydrogen (secondary N) is 1. The molecule has 4 nitrogen and oxygen atoms in total. The van der Waals surface area contributed by atoms with Crippen molar-refractivity contribution < 1.29 is 14.6 Å². The number of halogens is 2. The molecule has 0 aliphatic rings. The molecule has 18 heavy (non-hydrogen) atoms. The molecule has 0 bridgehead atoms. The SMILES string of the molecule is CCOC(=O)C(C)NCc1cc(Cl)cc(Cl)c1O. The Kier molecular flexibility index (Phi) is 5.72. The summed E-state index contributed by atoms with van der Waals surface area (Å²) in [5, 5.41) is 13.3. The molecule has 0 amide bonds. The molecule has 0 aliphatic heterocycles. The van der Waals surface area contributed by atoms with Crippen molar-refractivity contribution in [3.8, 4) is 5.75 Å². The lowest BCUT2D eigenvalue weighted by Crippen LogP contribution is -2.34. The Labute approximate surface area is 116 Å². The molecular weight excluding hydrogens is 277 g/mol. The van der Waals surface area contributed by atoms with Crippen LogP contribution in [-0.4, -0.2) is 23.7 Å². The van der Waals surface area contributed by atoms with Gasteiger partial charge in [-0.15, -0.1) is 0 Å². The summed E-state index contributed by atoms with van der Waals surface area (Å²) in [5.41, 5.74) is 0.531. The number of hydrogen-bond acceptors (Lipinski definition) is 4. The van der Waals surface area contributed by atoms with Crippen molar-refractivity contribution in [1.29, 1.82) is 0 Å². The topological polar surface area (TPSA) is 58.6 Å². The standard InChI is InChI=1S/C12H15Cl2NO3/c1-3-18-12(17)7(2)15-6-8-4-9(13)5-10(14)11(8)16/h4-5,7,15-16H,3,6H2,1-2H3. The average molecular weight is 292 g/mol. The van der Waals surface area contributed by atoms with Gasteiger partial charge in [-0.3, -0.25) is 4.79 Å². The second kappa shape index (κ2) is 6.83. The van der Waals surface area contributed by atoms with E-state index in [-0.39, 0.29) is 23.3 Å². The summed E-state index contributed by atoms with van der Waals surface area (Å²) in [5.74, 6) is -0.380. The molecule has 0 saturated carbocycles. The molecule has 0 radical (unpaired) electrons. The number of rotatable bonds is 5. The number of aromatic hydroxyl groups is 1. The highest BCUT2D eigenvalue weighted by molar-refractivity contribution is 6.35. The Morgan fingerprint density at radius 2 is 2.17 bits per heavy atom. The molecule has 1 unspecified atom stereocenters. The number of esters is 1.